The molecule has 0 bridgehead atoms. The monoisotopic (exact) mass is 686 g/mol. The minimum atomic E-state index is -4.45. The number of carbonyl (C=O) groups is 3. The first kappa shape index (κ1) is 37.7. The van der Waals surface area contributed by atoms with Crippen molar-refractivity contribution in [1.82, 2.24) is 14.6 Å². The predicted octanol–water partition coefficient (Wildman–Crippen LogP) is 3.89. The molecule has 2 aliphatic heterocycles. The highest BCUT2D eigenvalue weighted by atomic mass is 31.2. The second kappa shape index (κ2) is 15.9. The number of nitrogens with one attached hydrogen (secondary N) is 2. The van der Waals surface area contributed by atoms with E-state index in [0.717, 1.165) is 4.57 Å². The Bertz CT molecular complexity index is 1480. The van der Waals surface area contributed by atoms with E-state index >= 15 is 0 Å². The molecule has 3 rings (SSSR count). The summed E-state index contributed by atoms with van der Waals surface area (Å²) in [6.07, 6.45) is -0.491. The van der Waals surface area contributed by atoms with E-state index in [1.807, 2.05) is 0 Å². The number of rotatable bonds is 16. The van der Waals surface area contributed by atoms with Gasteiger partial charge in [0.05, 0.1) is 18.8 Å². The van der Waals surface area contributed by atoms with E-state index in [4.69, 9.17) is 37.9 Å². The van der Waals surface area contributed by atoms with Crippen molar-refractivity contribution in [3.8, 4) is 0 Å². The fourth-order valence-corrected chi connectivity index (χ4v) is 6.45. The highest BCUT2D eigenvalue weighted by Crippen LogP contribution is 2.51. The van der Waals surface area contributed by atoms with Crippen LogP contribution in [0.1, 0.15) is 74.5 Å². The van der Waals surface area contributed by atoms with Crippen LogP contribution in [0.5, 0.6) is 0 Å². The molecule has 0 aromatic carbocycles. The van der Waals surface area contributed by atoms with Crippen molar-refractivity contribution in [2.45, 2.75) is 111 Å². The van der Waals surface area contributed by atoms with Crippen LogP contribution in [0.25, 0.3) is 0 Å². The van der Waals surface area contributed by atoms with Gasteiger partial charge in [-0.25, -0.2) is 14.2 Å². The zero-order valence-electron chi connectivity index (χ0n) is 27.6. The minimum Gasteiger partial charge on any atom is -0.463 e. The van der Waals surface area contributed by atoms with Gasteiger partial charge in [-0.2, -0.15) is 10.1 Å². The quantitative estimate of drug-likeness (QED) is 0.0562. The van der Waals surface area contributed by atoms with Crippen molar-refractivity contribution in [3.05, 3.63) is 46.2 Å². The third kappa shape index (κ3) is 9.64. The third-order valence-corrected chi connectivity index (χ3v) is 8.64. The Labute approximate surface area is 272 Å². The summed E-state index contributed by atoms with van der Waals surface area (Å²) >= 11 is 0. The standard InChI is InChI=1S/C29H43N4O13P/c1-9-10-20(11-12-23(34)41-16(2)3)19(7)46-47(39,32-18(6)25(35)42-17(4)5)40-15-21-24-29(8,45-28(37)44-24)26(43-21)33-14-13-22(31-38)30-27(33)36/h9-10,13-14,16-18,21,24,26,38H,11-12,15H2,1-8H3,(H,32,39)(H,30,31,36). The molecule has 3 heterocycles. The molecular formula is C29H43N4O13P. The Balaban J connectivity index is 1.90. The molecule has 18 heteroatoms. The van der Waals surface area contributed by atoms with Gasteiger partial charge < -0.3 is 28.2 Å². The van der Waals surface area contributed by atoms with Gasteiger partial charge in [-0.05, 0) is 73.5 Å². The molecule has 2 saturated heterocycles. The van der Waals surface area contributed by atoms with Crippen LogP contribution in [0, 0.1) is 0 Å². The highest BCUT2D eigenvalue weighted by Gasteiger charge is 2.64. The van der Waals surface area contributed by atoms with E-state index in [1.165, 1.54) is 33.0 Å². The molecule has 0 radical (unpaired) electrons. The van der Waals surface area contributed by atoms with Crippen molar-refractivity contribution < 1.29 is 56.9 Å². The molecule has 6 unspecified atom stereocenters. The minimum absolute atomic E-state index is 0.0146. The van der Waals surface area contributed by atoms with Crippen LogP contribution in [-0.4, -0.2) is 75.5 Å². The summed E-state index contributed by atoms with van der Waals surface area (Å²) in [5.74, 6) is -1.16. The normalized spacial score (nSPS) is 24.7. The number of ether oxygens (including phenoxy) is 5. The van der Waals surface area contributed by atoms with Crippen LogP contribution in [0.3, 0.4) is 0 Å². The maximum atomic E-state index is 14.3. The Morgan fingerprint density at radius 1 is 1.17 bits per heavy atom. The van der Waals surface area contributed by atoms with Crippen LogP contribution in [0.4, 0.5) is 10.6 Å². The molecule has 17 nitrogen and oxygen atoms in total. The Kier molecular flexibility index (Phi) is 12.7. The fourth-order valence-electron chi connectivity index (χ4n) is 4.87. The van der Waals surface area contributed by atoms with Crippen LogP contribution in [0.15, 0.2) is 40.5 Å². The van der Waals surface area contributed by atoms with Crippen molar-refractivity contribution >= 4 is 31.7 Å². The largest absolute Gasteiger partial charge is 0.509 e. The van der Waals surface area contributed by atoms with Crippen molar-refractivity contribution in [3.63, 3.8) is 0 Å². The lowest BCUT2D eigenvalue weighted by atomic mass is 9.96. The number of esters is 2. The number of fused-ring (bicyclic) bond motifs is 1. The van der Waals surface area contributed by atoms with Gasteiger partial charge in [0.1, 0.15) is 17.9 Å². The van der Waals surface area contributed by atoms with Crippen LogP contribution in [0.2, 0.25) is 0 Å². The van der Waals surface area contributed by atoms with Gasteiger partial charge in [0.2, 0.25) is 0 Å². The van der Waals surface area contributed by atoms with Crippen LogP contribution >= 0.6 is 7.75 Å². The van der Waals surface area contributed by atoms with Gasteiger partial charge in [-0.3, -0.25) is 29.4 Å². The van der Waals surface area contributed by atoms with Crippen molar-refractivity contribution in [2.75, 3.05) is 12.1 Å². The number of nitrogens with zero attached hydrogens (tertiary/aromatic N) is 2. The van der Waals surface area contributed by atoms with E-state index in [-0.39, 0.29) is 30.5 Å². The average molecular weight is 687 g/mol. The zero-order chi connectivity index (χ0) is 35.1. The molecule has 2 fully saturated rings. The highest BCUT2D eigenvalue weighted by molar-refractivity contribution is 7.51. The molecule has 0 aliphatic carbocycles. The van der Waals surface area contributed by atoms with E-state index in [1.54, 1.807) is 52.3 Å². The fraction of sp³-hybridized carbons (Fsp3) is 0.621. The molecule has 47 heavy (non-hydrogen) atoms. The molecule has 6 atom stereocenters. The van der Waals surface area contributed by atoms with Crippen LogP contribution < -0.4 is 16.3 Å². The predicted molar refractivity (Wildman–Crippen MR) is 164 cm³/mol. The molecule has 0 saturated carbocycles. The van der Waals surface area contributed by atoms with Gasteiger partial charge in [0.25, 0.3) is 0 Å². The molecule has 2 aliphatic rings. The number of aromatic nitrogens is 2. The maximum absolute atomic E-state index is 14.3. The Hall–Kier alpha value is -3.76. The molecular weight excluding hydrogens is 643 g/mol. The first-order chi connectivity index (χ1) is 22.0. The number of hydrogen-bond donors (Lipinski definition) is 3. The smallest absolute Gasteiger partial charge is 0.463 e. The van der Waals surface area contributed by atoms with Crippen molar-refractivity contribution in [2.24, 2.45) is 0 Å². The van der Waals surface area contributed by atoms with E-state index < -0.39 is 74.3 Å². The zero-order valence-corrected chi connectivity index (χ0v) is 28.5. The molecule has 3 N–H and O–H groups in total. The van der Waals surface area contributed by atoms with Gasteiger partial charge in [-0.15, -0.1) is 0 Å². The third-order valence-electron chi connectivity index (χ3n) is 6.93. The summed E-state index contributed by atoms with van der Waals surface area (Å²) in [5, 5.41) is 11.7. The average Bonchev–Trinajstić information content (AvgIpc) is 3.42. The van der Waals surface area contributed by atoms with Gasteiger partial charge in [0.15, 0.2) is 23.8 Å². The maximum Gasteiger partial charge on any atom is 0.509 e. The van der Waals surface area contributed by atoms with Crippen molar-refractivity contribution in [1.29, 1.82) is 0 Å². The summed E-state index contributed by atoms with van der Waals surface area (Å²) < 4.78 is 54.2. The number of anilines is 1. The summed E-state index contributed by atoms with van der Waals surface area (Å²) in [6, 6.07) is 0.120. The lowest BCUT2D eigenvalue weighted by Gasteiger charge is -2.26. The molecule has 0 spiro atoms. The first-order valence-corrected chi connectivity index (χ1v) is 16.5. The van der Waals surface area contributed by atoms with E-state index in [2.05, 4.69) is 10.1 Å². The lowest BCUT2D eigenvalue weighted by molar-refractivity contribution is -0.149. The second-order valence-corrected chi connectivity index (χ2v) is 13.3. The topological polar surface area (TPSA) is 212 Å². The molecule has 1 aromatic rings. The SMILES string of the molecule is CC=CC(CCC(=O)OC(C)C)=C(C)OP(=O)(NC(C)C(=O)OC(C)C)OCC1OC(n2ccc(NO)nc2=O)C2(C)OC(=O)OC12. The summed E-state index contributed by atoms with van der Waals surface area (Å²) in [7, 11) is -4.45. The van der Waals surface area contributed by atoms with Gasteiger partial charge in [0, 0.05) is 12.6 Å². The van der Waals surface area contributed by atoms with Crippen LogP contribution in [-0.2, 0) is 46.9 Å². The first-order valence-electron chi connectivity index (χ1n) is 15.0. The van der Waals surface area contributed by atoms with E-state index in [0.29, 0.717) is 5.57 Å². The number of hydrogen-bond acceptors (Lipinski definition) is 15. The Morgan fingerprint density at radius 2 is 1.85 bits per heavy atom. The Morgan fingerprint density at radius 3 is 2.45 bits per heavy atom. The second-order valence-electron chi connectivity index (χ2n) is 11.6. The van der Waals surface area contributed by atoms with Gasteiger partial charge >= 0.3 is 31.5 Å². The molecule has 262 valence electrons. The molecule has 0 amide bonds. The van der Waals surface area contributed by atoms with Gasteiger partial charge in [-0.1, -0.05) is 12.2 Å². The molecule has 1 aromatic heterocycles. The summed E-state index contributed by atoms with van der Waals surface area (Å²) in [4.78, 5) is 53.5. The number of allylic oxidation sites excluding steroid dienone is 4. The summed E-state index contributed by atoms with van der Waals surface area (Å²) in [6.45, 7) is 12.4. The summed E-state index contributed by atoms with van der Waals surface area (Å²) in [5.41, 5.74) is -0.116. The number of carbonyl (C=O) groups excluding carboxylic acids is 3. The lowest BCUT2D eigenvalue weighted by Crippen LogP contribution is -2.44. The van der Waals surface area contributed by atoms with E-state index in [9.17, 15) is 23.7 Å².